The number of aryl methyl sites for hydroxylation is 1. The van der Waals surface area contributed by atoms with Crippen LogP contribution in [0.2, 0.25) is 0 Å². The van der Waals surface area contributed by atoms with E-state index in [0.717, 1.165) is 25.4 Å². The molecular weight excluding hydrogens is 256 g/mol. The summed E-state index contributed by atoms with van der Waals surface area (Å²) < 4.78 is 0. The summed E-state index contributed by atoms with van der Waals surface area (Å²) >= 11 is 0. The lowest BCUT2D eigenvalue weighted by Gasteiger charge is -2.30. The Labute approximate surface area is 130 Å². The first kappa shape index (κ1) is 16.5. The number of nitrogens with one attached hydrogen (secondary N) is 1. The van der Waals surface area contributed by atoms with E-state index in [1.54, 1.807) is 0 Å². The molecule has 118 valence electrons. The van der Waals surface area contributed by atoms with E-state index in [1.807, 2.05) is 0 Å². The van der Waals surface area contributed by atoms with Crippen molar-refractivity contribution < 1.29 is 0 Å². The molecule has 0 bridgehead atoms. The average molecular weight is 288 g/mol. The molecule has 1 aliphatic carbocycles. The average Bonchev–Trinajstić information content (AvgIpc) is 3.35. The Hall–Kier alpha value is -0.860. The van der Waals surface area contributed by atoms with Crippen LogP contribution in [0.25, 0.3) is 0 Å². The Kier molecular flexibility index (Phi) is 6.25. The van der Waals surface area contributed by atoms with Crippen molar-refractivity contribution in [2.75, 3.05) is 20.1 Å². The molecule has 1 N–H and O–H groups in total. The van der Waals surface area contributed by atoms with Gasteiger partial charge < -0.3 is 10.2 Å². The van der Waals surface area contributed by atoms with Gasteiger partial charge in [0.1, 0.15) is 0 Å². The van der Waals surface area contributed by atoms with Crippen LogP contribution in [0, 0.1) is 5.92 Å². The summed E-state index contributed by atoms with van der Waals surface area (Å²) in [5, 5.41) is 3.73. The van der Waals surface area contributed by atoms with Crippen LogP contribution < -0.4 is 5.32 Å². The van der Waals surface area contributed by atoms with Gasteiger partial charge in [0, 0.05) is 18.6 Å². The summed E-state index contributed by atoms with van der Waals surface area (Å²) in [5.41, 5.74) is 2.85. The van der Waals surface area contributed by atoms with Crippen LogP contribution in [-0.4, -0.2) is 31.1 Å². The van der Waals surface area contributed by atoms with Crippen molar-refractivity contribution in [2.45, 2.75) is 58.5 Å². The molecule has 1 aromatic rings. The molecule has 0 radical (unpaired) electrons. The van der Waals surface area contributed by atoms with Gasteiger partial charge in [-0.2, -0.15) is 0 Å². The Morgan fingerprint density at radius 3 is 2.38 bits per heavy atom. The smallest absolute Gasteiger partial charge is 0.0449 e. The lowest BCUT2D eigenvalue weighted by atomic mass is 10.0. The van der Waals surface area contributed by atoms with Crippen LogP contribution in [0.1, 0.15) is 57.2 Å². The first-order valence-electron chi connectivity index (χ1n) is 8.68. The minimum Gasteiger partial charge on any atom is -0.309 e. The number of hydrogen-bond acceptors (Lipinski definition) is 2. The highest BCUT2D eigenvalue weighted by atomic mass is 15.2. The molecule has 1 saturated carbocycles. The number of rotatable bonds is 9. The van der Waals surface area contributed by atoms with Crippen molar-refractivity contribution in [1.82, 2.24) is 10.2 Å². The maximum Gasteiger partial charge on any atom is 0.0449 e. The van der Waals surface area contributed by atoms with E-state index in [-0.39, 0.29) is 0 Å². The lowest BCUT2D eigenvalue weighted by Crippen LogP contribution is -2.39. The fourth-order valence-corrected chi connectivity index (χ4v) is 2.98. The second kappa shape index (κ2) is 7.95. The predicted molar refractivity (Wildman–Crippen MR) is 91.7 cm³/mol. The quantitative estimate of drug-likeness (QED) is 0.738. The van der Waals surface area contributed by atoms with Crippen molar-refractivity contribution in [3.63, 3.8) is 0 Å². The number of hydrogen-bond donors (Lipinski definition) is 1. The highest BCUT2D eigenvalue weighted by molar-refractivity contribution is 5.25. The highest BCUT2D eigenvalue weighted by Gasteiger charge is 2.31. The first-order valence-corrected chi connectivity index (χ1v) is 8.68. The summed E-state index contributed by atoms with van der Waals surface area (Å²) in [5.74, 6) is 0.935. The maximum absolute atomic E-state index is 3.73. The van der Waals surface area contributed by atoms with Crippen molar-refractivity contribution in [2.24, 2.45) is 5.92 Å². The Morgan fingerprint density at radius 1 is 1.19 bits per heavy atom. The van der Waals surface area contributed by atoms with Crippen LogP contribution in [0.5, 0.6) is 0 Å². The monoisotopic (exact) mass is 288 g/mol. The molecular formula is C19H32N2. The topological polar surface area (TPSA) is 15.3 Å². The van der Waals surface area contributed by atoms with Crippen molar-refractivity contribution in [1.29, 1.82) is 0 Å². The van der Waals surface area contributed by atoms with Gasteiger partial charge in [-0.3, -0.25) is 0 Å². The number of likely N-dealkylation sites (N-methyl/N-ethyl adjacent to an activating group) is 1. The zero-order valence-electron chi connectivity index (χ0n) is 14.2. The van der Waals surface area contributed by atoms with Crippen LogP contribution in [0.3, 0.4) is 0 Å². The van der Waals surface area contributed by atoms with E-state index in [4.69, 9.17) is 0 Å². The van der Waals surface area contributed by atoms with Crippen LogP contribution in [-0.2, 0) is 6.42 Å². The standard InChI is InChI=1S/C19H32N2/c1-5-13-20-19(14-21(4)15(3)17-11-12-17)18-9-7-16(6-2)8-10-18/h7-10,15,17,19-20H,5-6,11-14H2,1-4H3. The van der Waals surface area contributed by atoms with Crippen molar-refractivity contribution in [3.8, 4) is 0 Å². The molecule has 0 heterocycles. The zero-order valence-corrected chi connectivity index (χ0v) is 14.2. The normalized spacial score (nSPS) is 18.0. The van der Waals surface area contributed by atoms with Crippen LogP contribution in [0.4, 0.5) is 0 Å². The molecule has 0 spiro atoms. The SMILES string of the molecule is CCCNC(CN(C)C(C)C1CC1)c1ccc(CC)cc1. The van der Waals surface area contributed by atoms with Gasteiger partial charge in [-0.05, 0) is 63.2 Å². The van der Waals surface area contributed by atoms with Gasteiger partial charge in [0.25, 0.3) is 0 Å². The summed E-state index contributed by atoms with van der Waals surface area (Å²) in [6.07, 6.45) is 5.14. The largest absolute Gasteiger partial charge is 0.309 e. The first-order chi connectivity index (χ1) is 10.2. The lowest BCUT2D eigenvalue weighted by molar-refractivity contribution is 0.210. The summed E-state index contributed by atoms with van der Waals surface area (Å²) in [7, 11) is 2.28. The molecule has 1 fully saturated rings. The van der Waals surface area contributed by atoms with Gasteiger partial charge in [0.2, 0.25) is 0 Å². The van der Waals surface area contributed by atoms with E-state index in [2.05, 4.69) is 62.3 Å². The molecule has 2 heteroatoms. The maximum atomic E-state index is 3.73. The third-order valence-corrected chi connectivity index (χ3v) is 4.90. The van der Waals surface area contributed by atoms with Gasteiger partial charge in [0.05, 0.1) is 0 Å². The summed E-state index contributed by atoms with van der Waals surface area (Å²) in [6, 6.07) is 10.3. The fourth-order valence-electron chi connectivity index (χ4n) is 2.98. The number of benzene rings is 1. The molecule has 0 aromatic heterocycles. The second-order valence-electron chi connectivity index (χ2n) is 6.62. The highest BCUT2D eigenvalue weighted by Crippen LogP contribution is 2.35. The molecule has 0 saturated heterocycles. The van der Waals surface area contributed by atoms with Gasteiger partial charge in [-0.15, -0.1) is 0 Å². The molecule has 2 atom stereocenters. The van der Waals surface area contributed by atoms with Crippen molar-refractivity contribution >= 4 is 0 Å². The molecule has 1 aliphatic rings. The van der Waals surface area contributed by atoms with Gasteiger partial charge in [-0.25, -0.2) is 0 Å². The van der Waals surface area contributed by atoms with Gasteiger partial charge >= 0.3 is 0 Å². The minimum absolute atomic E-state index is 0.446. The molecule has 0 aliphatic heterocycles. The Bertz CT molecular complexity index is 408. The Balaban J connectivity index is 2.01. The van der Waals surface area contributed by atoms with Gasteiger partial charge in [-0.1, -0.05) is 38.1 Å². The van der Waals surface area contributed by atoms with Crippen LogP contribution in [0.15, 0.2) is 24.3 Å². The molecule has 2 rings (SSSR count). The molecule has 21 heavy (non-hydrogen) atoms. The molecule has 1 aromatic carbocycles. The number of nitrogens with zero attached hydrogens (tertiary/aromatic N) is 1. The van der Waals surface area contributed by atoms with E-state index in [9.17, 15) is 0 Å². The van der Waals surface area contributed by atoms with E-state index < -0.39 is 0 Å². The summed E-state index contributed by atoms with van der Waals surface area (Å²) in [6.45, 7) is 9.03. The van der Waals surface area contributed by atoms with E-state index in [0.29, 0.717) is 12.1 Å². The fraction of sp³-hybridized carbons (Fsp3) is 0.684. The van der Waals surface area contributed by atoms with Crippen LogP contribution >= 0.6 is 0 Å². The molecule has 2 unspecified atom stereocenters. The van der Waals surface area contributed by atoms with E-state index in [1.165, 1.54) is 30.4 Å². The van der Waals surface area contributed by atoms with Crippen molar-refractivity contribution in [3.05, 3.63) is 35.4 Å². The second-order valence-corrected chi connectivity index (χ2v) is 6.62. The molecule has 2 nitrogen and oxygen atoms in total. The molecule has 0 amide bonds. The van der Waals surface area contributed by atoms with Gasteiger partial charge in [0.15, 0.2) is 0 Å². The zero-order chi connectivity index (χ0) is 15.2. The minimum atomic E-state index is 0.446. The predicted octanol–water partition coefficient (Wildman–Crippen LogP) is 4.02. The third kappa shape index (κ3) is 4.82. The third-order valence-electron chi connectivity index (χ3n) is 4.90. The summed E-state index contributed by atoms with van der Waals surface area (Å²) in [4.78, 5) is 2.54. The van der Waals surface area contributed by atoms with E-state index >= 15 is 0 Å². The Morgan fingerprint density at radius 2 is 1.86 bits per heavy atom.